The molecule has 11 heavy (non-hydrogen) atoms. The topological polar surface area (TPSA) is 52.6 Å². The smallest absolute Gasteiger partial charge is 0.309 e. The summed E-state index contributed by atoms with van der Waals surface area (Å²) < 4.78 is 9.08. The Bertz CT molecular complexity index is 175. The zero-order chi connectivity index (χ0) is 8.27. The first-order valence-electron chi connectivity index (χ1n) is 3.47. The summed E-state index contributed by atoms with van der Waals surface area (Å²) in [4.78, 5) is 21.5. The van der Waals surface area contributed by atoms with E-state index in [9.17, 15) is 9.59 Å². The monoisotopic (exact) mass is 158 g/mol. The molecule has 0 aromatic heterocycles. The molecule has 4 heteroatoms. The lowest BCUT2D eigenvalue weighted by atomic mass is 10.1. The first kappa shape index (κ1) is 8.04. The highest BCUT2D eigenvalue weighted by Crippen LogP contribution is 2.18. The van der Waals surface area contributed by atoms with E-state index in [-0.39, 0.29) is 24.3 Å². The van der Waals surface area contributed by atoms with Gasteiger partial charge in [0, 0.05) is 0 Å². The van der Waals surface area contributed by atoms with Gasteiger partial charge in [-0.1, -0.05) is 0 Å². The maximum atomic E-state index is 10.8. The van der Waals surface area contributed by atoms with Gasteiger partial charge in [0.05, 0.1) is 26.1 Å². The number of carbonyl (C=O) groups is 2. The van der Waals surface area contributed by atoms with Crippen LogP contribution in [0.5, 0.6) is 0 Å². The largest absolute Gasteiger partial charge is 0.469 e. The lowest BCUT2D eigenvalue weighted by Crippen LogP contribution is -2.14. The van der Waals surface area contributed by atoms with Gasteiger partial charge in [-0.3, -0.25) is 9.59 Å². The zero-order valence-corrected chi connectivity index (χ0v) is 6.33. The molecule has 1 atom stereocenters. The van der Waals surface area contributed by atoms with Crippen molar-refractivity contribution in [3.05, 3.63) is 0 Å². The fourth-order valence-electron chi connectivity index (χ4n) is 1.01. The molecule has 1 aliphatic heterocycles. The Morgan fingerprint density at radius 2 is 2.55 bits per heavy atom. The second kappa shape index (κ2) is 3.37. The van der Waals surface area contributed by atoms with E-state index in [1.54, 1.807) is 0 Å². The number of ether oxygens (including phenoxy) is 2. The summed E-state index contributed by atoms with van der Waals surface area (Å²) in [5, 5.41) is 0. The summed E-state index contributed by atoms with van der Waals surface area (Å²) in [7, 11) is 1.31. The minimum atomic E-state index is -0.353. The van der Waals surface area contributed by atoms with Crippen molar-refractivity contribution in [3.8, 4) is 0 Å². The summed E-state index contributed by atoms with van der Waals surface area (Å²) >= 11 is 0. The molecule has 1 aliphatic rings. The molecular formula is C7H10O4. The van der Waals surface area contributed by atoms with Crippen LogP contribution in [0.2, 0.25) is 0 Å². The van der Waals surface area contributed by atoms with Crippen LogP contribution in [-0.4, -0.2) is 25.7 Å². The van der Waals surface area contributed by atoms with Crippen molar-refractivity contribution in [3.63, 3.8) is 0 Å². The fourth-order valence-corrected chi connectivity index (χ4v) is 1.01. The van der Waals surface area contributed by atoms with Crippen LogP contribution in [0.4, 0.5) is 0 Å². The van der Waals surface area contributed by atoms with Gasteiger partial charge in [-0.05, 0) is 6.42 Å². The average Bonchev–Trinajstić information content (AvgIpc) is 2.37. The Balaban J connectivity index is 2.36. The molecule has 4 nitrogen and oxygen atoms in total. The molecule has 62 valence electrons. The maximum absolute atomic E-state index is 10.8. The van der Waals surface area contributed by atoms with E-state index in [1.807, 2.05) is 0 Å². The molecule has 1 rings (SSSR count). The second-order valence-corrected chi connectivity index (χ2v) is 2.43. The van der Waals surface area contributed by atoms with E-state index in [0.29, 0.717) is 13.0 Å². The predicted octanol–water partition coefficient (Wildman–Crippen LogP) is 0.113. The van der Waals surface area contributed by atoms with Crippen LogP contribution in [0.3, 0.4) is 0 Å². The Labute approximate surface area is 64.5 Å². The molecule has 0 spiro atoms. The highest BCUT2D eigenvalue weighted by molar-refractivity contribution is 5.80. The number of cyclic esters (lactones) is 1. The molecule has 1 heterocycles. The molecule has 1 fully saturated rings. The maximum Gasteiger partial charge on any atom is 0.309 e. The first-order valence-corrected chi connectivity index (χ1v) is 3.47. The molecule has 0 aromatic carbocycles. The average molecular weight is 158 g/mol. The van der Waals surface area contributed by atoms with Crippen molar-refractivity contribution in [2.24, 2.45) is 5.92 Å². The Kier molecular flexibility index (Phi) is 2.46. The van der Waals surface area contributed by atoms with Crippen LogP contribution in [-0.2, 0) is 19.1 Å². The minimum Gasteiger partial charge on any atom is -0.469 e. The number of esters is 2. The molecule has 0 radical (unpaired) electrons. The molecule has 0 aromatic rings. The summed E-state index contributed by atoms with van der Waals surface area (Å²) in [5.74, 6) is -0.910. The van der Waals surface area contributed by atoms with Crippen molar-refractivity contribution in [1.29, 1.82) is 0 Å². The van der Waals surface area contributed by atoms with E-state index in [1.165, 1.54) is 7.11 Å². The summed E-state index contributed by atoms with van der Waals surface area (Å²) in [6, 6.07) is 0. The Hall–Kier alpha value is -1.06. The van der Waals surface area contributed by atoms with E-state index in [4.69, 9.17) is 0 Å². The van der Waals surface area contributed by atoms with Crippen LogP contribution < -0.4 is 0 Å². The summed E-state index contributed by atoms with van der Waals surface area (Å²) in [6.07, 6.45) is 0.781. The van der Waals surface area contributed by atoms with Crippen molar-refractivity contribution >= 4 is 11.9 Å². The van der Waals surface area contributed by atoms with E-state index < -0.39 is 0 Å². The van der Waals surface area contributed by atoms with Gasteiger partial charge in [-0.15, -0.1) is 0 Å². The highest BCUT2D eigenvalue weighted by Gasteiger charge is 2.28. The molecule has 0 unspecified atom stereocenters. The molecule has 0 saturated carbocycles. The number of rotatable bonds is 2. The third-order valence-corrected chi connectivity index (χ3v) is 1.68. The van der Waals surface area contributed by atoms with Gasteiger partial charge in [0.25, 0.3) is 0 Å². The zero-order valence-electron chi connectivity index (χ0n) is 6.33. The standard InChI is InChI=1S/C7H10O4/c1-10-6(8)4-5-2-3-11-7(5)9/h5H,2-4H2,1H3/t5-/m1/s1. The Morgan fingerprint density at radius 1 is 1.82 bits per heavy atom. The van der Waals surface area contributed by atoms with Crippen LogP contribution in [0.15, 0.2) is 0 Å². The SMILES string of the molecule is COC(=O)C[C@H]1CCOC1=O. The fraction of sp³-hybridized carbons (Fsp3) is 0.714. The van der Waals surface area contributed by atoms with E-state index >= 15 is 0 Å². The molecule has 0 N–H and O–H groups in total. The number of methoxy groups -OCH3 is 1. The predicted molar refractivity (Wildman–Crippen MR) is 35.7 cm³/mol. The molecule has 0 amide bonds. The minimum absolute atomic E-state index is 0.148. The van der Waals surface area contributed by atoms with Gasteiger partial charge in [0.15, 0.2) is 0 Å². The first-order chi connectivity index (χ1) is 5.24. The number of carbonyl (C=O) groups excluding carboxylic acids is 2. The lowest BCUT2D eigenvalue weighted by molar-refractivity contribution is -0.148. The van der Waals surface area contributed by atoms with Crippen molar-refractivity contribution < 1.29 is 19.1 Å². The van der Waals surface area contributed by atoms with Gasteiger partial charge in [0.2, 0.25) is 0 Å². The molecule has 0 aliphatic carbocycles. The van der Waals surface area contributed by atoms with Gasteiger partial charge in [0.1, 0.15) is 0 Å². The van der Waals surface area contributed by atoms with Crippen LogP contribution in [0.25, 0.3) is 0 Å². The molecular weight excluding hydrogens is 148 g/mol. The van der Waals surface area contributed by atoms with E-state index in [0.717, 1.165) is 0 Å². The molecule has 1 saturated heterocycles. The Morgan fingerprint density at radius 3 is 3.00 bits per heavy atom. The van der Waals surface area contributed by atoms with Crippen LogP contribution >= 0.6 is 0 Å². The van der Waals surface area contributed by atoms with Gasteiger partial charge in [-0.2, -0.15) is 0 Å². The van der Waals surface area contributed by atoms with Gasteiger partial charge < -0.3 is 9.47 Å². The van der Waals surface area contributed by atoms with Crippen molar-refractivity contribution in [1.82, 2.24) is 0 Å². The number of hydrogen-bond acceptors (Lipinski definition) is 4. The third-order valence-electron chi connectivity index (χ3n) is 1.68. The normalized spacial score (nSPS) is 23.0. The van der Waals surface area contributed by atoms with E-state index in [2.05, 4.69) is 9.47 Å². The van der Waals surface area contributed by atoms with Gasteiger partial charge >= 0.3 is 11.9 Å². The third kappa shape index (κ3) is 1.93. The quantitative estimate of drug-likeness (QED) is 0.535. The molecule has 0 bridgehead atoms. The van der Waals surface area contributed by atoms with Gasteiger partial charge in [-0.25, -0.2) is 0 Å². The van der Waals surface area contributed by atoms with Crippen LogP contribution in [0.1, 0.15) is 12.8 Å². The summed E-state index contributed by atoms with van der Waals surface area (Å²) in [5.41, 5.74) is 0. The van der Waals surface area contributed by atoms with Crippen molar-refractivity contribution in [2.75, 3.05) is 13.7 Å². The van der Waals surface area contributed by atoms with Crippen LogP contribution in [0, 0.1) is 5.92 Å². The second-order valence-electron chi connectivity index (χ2n) is 2.43. The number of hydrogen-bond donors (Lipinski definition) is 0. The summed E-state index contributed by atoms with van der Waals surface area (Å²) in [6.45, 7) is 0.431. The lowest BCUT2D eigenvalue weighted by Gasteiger charge is -2.01. The van der Waals surface area contributed by atoms with Crippen molar-refractivity contribution in [2.45, 2.75) is 12.8 Å². The highest BCUT2D eigenvalue weighted by atomic mass is 16.5.